The molecule has 14 heavy (non-hydrogen) atoms. The minimum atomic E-state index is -0.0382. The number of phenols is 2. The van der Waals surface area contributed by atoms with Crippen molar-refractivity contribution < 1.29 is 14.9 Å². The molecule has 74 valence electrons. The maximum Gasteiger partial charge on any atom is 0.133 e. The second-order valence-electron chi connectivity index (χ2n) is 2.95. The summed E-state index contributed by atoms with van der Waals surface area (Å²) in [6.07, 6.45) is 3.12. The van der Waals surface area contributed by atoms with Crippen LogP contribution < -0.4 is 4.74 Å². The first-order chi connectivity index (χ1) is 6.58. The first-order valence-electron chi connectivity index (χ1n) is 4.09. The molecule has 0 aliphatic heterocycles. The Morgan fingerprint density at radius 3 is 2.36 bits per heavy atom. The van der Waals surface area contributed by atoms with Gasteiger partial charge in [-0.3, -0.25) is 0 Å². The molecule has 2 N–H and O–H groups in total. The van der Waals surface area contributed by atoms with E-state index in [1.165, 1.54) is 24.5 Å². The average molecular weight is 192 g/mol. The highest BCUT2D eigenvalue weighted by molar-refractivity contribution is 5.40. The number of hydrogen-bond donors (Lipinski definition) is 2. The van der Waals surface area contributed by atoms with Gasteiger partial charge in [0.25, 0.3) is 0 Å². The van der Waals surface area contributed by atoms with Gasteiger partial charge in [-0.2, -0.15) is 0 Å². The van der Waals surface area contributed by atoms with E-state index < -0.39 is 0 Å². The van der Waals surface area contributed by atoms with Gasteiger partial charge in [-0.25, -0.2) is 0 Å². The molecule has 0 spiro atoms. The first-order valence-corrected chi connectivity index (χ1v) is 4.09. The van der Waals surface area contributed by atoms with Gasteiger partial charge in [0.05, 0.1) is 6.26 Å². The normalized spacial score (nSPS) is 10.4. The Balaban J connectivity index is 2.72. The fraction of sp³-hybridized carbons (Fsp3) is 0.0909. The predicted octanol–water partition coefficient (Wildman–Crippen LogP) is 2.57. The van der Waals surface area contributed by atoms with Crippen LogP contribution in [-0.2, 0) is 0 Å². The molecule has 1 aromatic rings. The summed E-state index contributed by atoms with van der Waals surface area (Å²) in [5.41, 5.74) is 0.856. The standard InChI is InChI=1S/C11H12O3/c1-8(2)3-4-14-11-6-9(12)5-10(13)7-11/h3-7,12-13H,1H2,2H3. The van der Waals surface area contributed by atoms with E-state index in [-0.39, 0.29) is 11.5 Å². The van der Waals surface area contributed by atoms with Crippen LogP contribution in [0.3, 0.4) is 0 Å². The number of aromatic hydroxyl groups is 2. The molecular weight excluding hydrogens is 180 g/mol. The summed E-state index contributed by atoms with van der Waals surface area (Å²) in [7, 11) is 0. The minimum Gasteiger partial charge on any atom is -0.508 e. The van der Waals surface area contributed by atoms with Crippen molar-refractivity contribution in [3.63, 3.8) is 0 Å². The third-order valence-electron chi connectivity index (χ3n) is 1.43. The Hall–Kier alpha value is -1.90. The summed E-state index contributed by atoms with van der Waals surface area (Å²) in [4.78, 5) is 0. The summed E-state index contributed by atoms with van der Waals surface area (Å²) >= 11 is 0. The second-order valence-corrected chi connectivity index (χ2v) is 2.95. The van der Waals surface area contributed by atoms with E-state index in [0.29, 0.717) is 5.75 Å². The van der Waals surface area contributed by atoms with E-state index in [0.717, 1.165) is 5.57 Å². The molecule has 0 radical (unpaired) electrons. The zero-order chi connectivity index (χ0) is 10.6. The number of ether oxygens (including phenoxy) is 1. The van der Waals surface area contributed by atoms with Crippen molar-refractivity contribution in [2.75, 3.05) is 0 Å². The fourth-order valence-corrected chi connectivity index (χ4v) is 0.865. The lowest BCUT2D eigenvalue weighted by molar-refractivity contribution is 0.431. The number of rotatable bonds is 3. The smallest absolute Gasteiger partial charge is 0.133 e. The van der Waals surface area contributed by atoms with Crippen LogP contribution in [-0.4, -0.2) is 10.2 Å². The molecule has 3 heteroatoms. The van der Waals surface area contributed by atoms with Gasteiger partial charge in [0.1, 0.15) is 17.2 Å². The van der Waals surface area contributed by atoms with Gasteiger partial charge < -0.3 is 14.9 Å². The van der Waals surface area contributed by atoms with Gasteiger partial charge in [-0.05, 0) is 13.0 Å². The topological polar surface area (TPSA) is 49.7 Å². The maximum absolute atomic E-state index is 9.12. The summed E-state index contributed by atoms with van der Waals surface area (Å²) in [6.45, 7) is 5.49. The number of benzene rings is 1. The van der Waals surface area contributed by atoms with Crippen LogP contribution in [0.15, 0.2) is 42.7 Å². The van der Waals surface area contributed by atoms with Crippen molar-refractivity contribution in [2.45, 2.75) is 6.92 Å². The molecule has 0 atom stereocenters. The van der Waals surface area contributed by atoms with E-state index in [1.54, 1.807) is 6.08 Å². The molecular formula is C11H12O3. The van der Waals surface area contributed by atoms with Crippen LogP contribution in [0, 0.1) is 0 Å². The summed E-state index contributed by atoms with van der Waals surface area (Å²) in [5, 5.41) is 18.2. The number of allylic oxidation sites excluding steroid dienone is 2. The van der Waals surface area contributed by atoms with E-state index in [2.05, 4.69) is 6.58 Å². The summed E-state index contributed by atoms with van der Waals surface area (Å²) < 4.78 is 5.12. The number of hydrogen-bond acceptors (Lipinski definition) is 3. The molecule has 0 saturated heterocycles. The van der Waals surface area contributed by atoms with Crippen molar-refractivity contribution in [2.24, 2.45) is 0 Å². The molecule has 0 saturated carbocycles. The Bertz CT molecular complexity index is 347. The molecule has 0 heterocycles. The quantitative estimate of drug-likeness (QED) is 0.571. The van der Waals surface area contributed by atoms with Crippen molar-refractivity contribution in [1.29, 1.82) is 0 Å². The Labute approximate surface area is 82.6 Å². The minimum absolute atomic E-state index is 0.0382. The largest absolute Gasteiger partial charge is 0.508 e. The van der Waals surface area contributed by atoms with Crippen molar-refractivity contribution in [3.8, 4) is 17.2 Å². The molecule has 1 aromatic carbocycles. The van der Waals surface area contributed by atoms with Gasteiger partial charge in [-0.1, -0.05) is 12.2 Å². The van der Waals surface area contributed by atoms with Gasteiger partial charge >= 0.3 is 0 Å². The summed E-state index contributed by atoms with van der Waals surface area (Å²) in [6, 6.07) is 4.04. The van der Waals surface area contributed by atoms with Gasteiger partial charge in [0.15, 0.2) is 0 Å². The maximum atomic E-state index is 9.12. The molecule has 0 aliphatic carbocycles. The lowest BCUT2D eigenvalue weighted by Gasteiger charge is -2.01. The second kappa shape index (κ2) is 4.37. The van der Waals surface area contributed by atoms with Crippen molar-refractivity contribution in [1.82, 2.24) is 0 Å². The SMILES string of the molecule is C=C(C)C=COc1cc(O)cc(O)c1. The molecule has 0 aliphatic rings. The van der Waals surface area contributed by atoms with Crippen molar-refractivity contribution in [3.05, 3.63) is 42.7 Å². The Kier molecular flexibility index (Phi) is 3.18. The first kappa shape index (κ1) is 10.2. The summed E-state index contributed by atoms with van der Waals surface area (Å²) in [5.74, 6) is 0.299. The molecule has 1 rings (SSSR count). The molecule has 3 nitrogen and oxygen atoms in total. The van der Waals surface area contributed by atoms with E-state index in [1.807, 2.05) is 6.92 Å². The highest BCUT2D eigenvalue weighted by atomic mass is 16.5. The number of phenolic OH excluding ortho intramolecular Hbond substituents is 2. The van der Waals surface area contributed by atoms with Gasteiger partial charge in [0, 0.05) is 18.2 Å². The molecule has 0 amide bonds. The molecule has 0 unspecified atom stereocenters. The average Bonchev–Trinajstić information content (AvgIpc) is 2.01. The van der Waals surface area contributed by atoms with E-state index >= 15 is 0 Å². The van der Waals surface area contributed by atoms with Crippen LogP contribution in [0.25, 0.3) is 0 Å². The monoisotopic (exact) mass is 192 g/mol. The van der Waals surface area contributed by atoms with E-state index in [9.17, 15) is 0 Å². The lowest BCUT2D eigenvalue weighted by atomic mass is 10.3. The third kappa shape index (κ3) is 3.23. The highest BCUT2D eigenvalue weighted by Gasteiger charge is 1.97. The molecule has 0 bridgehead atoms. The van der Waals surface area contributed by atoms with Crippen molar-refractivity contribution >= 4 is 0 Å². The van der Waals surface area contributed by atoms with Gasteiger partial charge in [0.2, 0.25) is 0 Å². The Morgan fingerprint density at radius 1 is 1.29 bits per heavy atom. The third-order valence-corrected chi connectivity index (χ3v) is 1.43. The molecule has 0 aromatic heterocycles. The highest BCUT2D eigenvalue weighted by Crippen LogP contribution is 2.25. The lowest BCUT2D eigenvalue weighted by Crippen LogP contribution is -1.81. The van der Waals surface area contributed by atoms with Crippen LogP contribution >= 0.6 is 0 Å². The van der Waals surface area contributed by atoms with Gasteiger partial charge in [-0.15, -0.1) is 0 Å². The van der Waals surface area contributed by atoms with Crippen LogP contribution in [0.2, 0.25) is 0 Å². The van der Waals surface area contributed by atoms with Crippen LogP contribution in [0.4, 0.5) is 0 Å². The van der Waals surface area contributed by atoms with Crippen LogP contribution in [0.5, 0.6) is 17.2 Å². The molecule has 0 fully saturated rings. The zero-order valence-corrected chi connectivity index (χ0v) is 7.90. The predicted molar refractivity (Wildman–Crippen MR) is 54.4 cm³/mol. The van der Waals surface area contributed by atoms with Crippen LogP contribution in [0.1, 0.15) is 6.92 Å². The van der Waals surface area contributed by atoms with E-state index in [4.69, 9.17) is 14.9 Å². The fourth-order valence-electron chi connectivity index (χ4n) is 0.865. The zero-order valence-electron chi connectivity index (χ0n) is 7.90. The Morgan fingerprint density at radius 2 is 1.86 bits per heavy atom.